The summed E-state index contributed by atoms with van der Waals surface area (Å²) in [6.07, 6.45) is 11.0. The number of aromatic nitrogens is 3. The van der Waals surface area contributed by atoms with Crippen LogP contribution in [0, 0.1) is 0 Å². The molecule has 5 nitrogen and oxygen atoms in total. The molecule has 1 atom stereocenters. The second-order valence-electron chi connectivity index (χ2n) is 4.55. The molecule has 2 heterocycles. The van der Waals surface area contributed by atoms with Crippen LogP contribution in [0.3, 0.4) is 0 Å². The zero-order valence-corrected chi connectivity index (χ0v) is 12.4. The predicted molar refractivity (Wildman–Crippen MR) is 81.8 cm³/mol. The van der Waals surface area contributed by atoms with Crippen molar-refractivity contribution in [2.75, 3.05) is 18.6 Å². The van der Waals surface area contributed by atoms with E-state index in [4.69, 9.17) is 0 Å². The van der Waals surface area contributed by atoms with Gasteiger partial charge in [-0.3, -0.25) is 4.79 Å². The van der Waals surface area contributed by atoms with Crippen molar-refractivity contribution in [3.8, 4) is 0 Å². The number of amides is 1. The van der Waals surface area contributed by atoms with Crippen molar-refractivity contribution < 1.29 is 4.79 Å². The van der Waals surface area contributed by atoms with Crippen molar-refractivity contribution in [1.82, 2.24) is 19.9 Å². The lowest BCUT2D eigenvalue weighted by atomic mass is 10.2. The highest BCUT2D eigenvalue weighted by Crippen LogP contribution is 2.15. The lowest BCUT2D eigenvalue weighted by Gasteiger charge is -2.18. The largest absolute Gasteiger partial charge is 0.354 e. The second kappa shape index (κ2) is 7.79. The molecule has 0 saturated heterocycles. The zero-order valence-electron chi connectivity index (χ0n) is 11.6. The Morgan fingerprint density at radius 2 is 2.30 bits per heavy atom. The Morgan fingerprint density at radius 1 is 1.50 bits per heavy atom. The van der Waals surface area contributed by atoms with Crippen LogP contribution in [0.15, 0.2) is 37.1 Å². The minimum atomic E-state index is -0.126. The number of nitrogens with one attached hydrogen (secondary N) is 2. The van der Waals surface area contributed by atoms with Crippen molar-refractivity contribution in [2.45, 2.75) is 18.9 Å². The van der Waals surface area contributed by atoms with E-state index in [1.54, 1.807) is 24.3 Å². The first kappa shape index (κ1) is 14.7. The van der Waals surface area contributed by atoms with E-state index in [1.807, 2.05) is 29.1 Å². The fourth-order valence-corrected chi connectivity index (χ4v) is 2.52. The normalized spacial score (nSPS) is 12.2. The van der Waals surface area contributed by atoms with Gasteiger partial charge in [-0.25, -0.2) is 4.98 Å². The van der Waals surface area contributed by atoms with Gasteiger partial charge in [-0.15, -0.1) is 0 Å². The number of nitrogens with zero attached hydrogens (tertiary/aromatic N) is 2. The van der Waals surface area contributed by atoms with E-state index in [-0.39, 0.29) is 11.9 Å². The fraction of sp³-hybridized carbons (Fsp3) is 0.429. The molecule has 6 heteroatoms. The van der Waals surface area contributed by atoms with E-state index in [9.17, 15) is 4.79 Å². The molecule has 0 bridgehead atoms. The summed E-state index contributed by atoms with van der Waals surface area (Å²) in [6, 6.07) is 3.77. The summed E-state index contributed by atoms with van der Waals surface area (Å²) in [6.45, 7) is 0.623. The van der Waals surface area contributed by atoms with Crippen molar-refractivity contribution in [1.29, 1.82) is 0 Å². The molecule has 1 amide bonds. The molecule has 108 valence electrons. The third kappa shape index (κ3) is 4.16. The first-order chi connectivity index (χ1) is 9.81. The van der Waals surface area contributed by atoms with Crippen LogP contribution in [0.4, 0.5) is 0 Å². The summed E-state index contributed by atoms with van der Waals surface area (Å²) >= 11 is 1.76. The predicted octanol–water partition coefficient (Wildman–Crippen LogP) is 1.86. The molecule has 0 aliphatic rings. The molecular weight excluding hydrogens is 272 g/mol. The van der Waals surface area contributed by atoms with Crippen LogP contribution in [0.2, 0.25) is 0 Å². The van der Waals surface area contributed by atoms with Crippen LogP contribution < -0.4 is 5.32 Å². The number of carbonyl (C=O) groups excluding carboxylic acids is 1. The molecule has 0 radical (unpaired) electrons. The van der Waals surface area contributed by atoms with Crippen molar-refractivity contribution in [3.05, 3.63) is 42.7 Å². The van der Waals surface area contributed by atoms with Gasteiger partial charge in [0.05, 0.1) is 6.33 Å². The lowest BCUT2D eigenvalue weighted by molar-refractivity contribution is -0.124. The summed E-state index contributed by atoms with van der Waals surface area (Å²) < 4.78 is 1.97. The van der Waals surface area contributed by atoms with Crippen LogP contribution in [0.25, 0.3) is 0 Å². The third-order valence-electron chi connectivity index (χ3n) is 3.13. The maximum atomic E-state index is 12.3. The Labute approximate surface area is 123 Å². The van der Waals surface area contributed by atoms with Crippen molar-refractivity contribution >= 4 is 17.7 Å². The summed E-state index contributed by atoms with van der Waals surface area (Å²) in [5.41, 5.74) is 1.03. The Bertz CT molecular complexity index is 495. The summed E-state index contributed by atoms with van der Waals surface area (Å²) in [5.74, 6) is 1.05. The van der Waals surface area contributed by atoms with Gasteiger partial charge in [0, 0.05) is 37.3 Å². The minimum Gasteiger partial charge on any atom is -0.354 e. The molecule has 0 aliphatic heterocycles. The number of imidazole rings is 1. The van der Waals surface area contributed by atoms with Crippen LogP contribution >= 0.6 is 11.8 Å². The fourth-order valence-electron chi connectivity index (χ4n) is 2.06. The van der Waals surface area contributed by atoms with Gasteiger partial charge in [-0.05, 0) is 30.6 Å². The van der Waals surface area contributed by atoms with Crippen LogP contribution in [0.1, 0.15) is 18.2 Å². The third-order valence-corrected chi connectivity index (χ3v) is 3.78. The first-order valence-corrected chi connectivity index (χ1v) is 8.07. The molecule has 2 N–H and O–H groups in total. The average Bonchev–Trinajstić information content (AvgIpc) is 3.12. The number of hydrogen-bond acceptors (Lipinski definition) is 3. The highest BCUT2D eigenvalue weighted by atomic mass is 32.2. The number of aromatic amines is 1. The molecule has 2 aromatic heterocycles. The molecule has 0 saturated carbocycles. The molecular formula is C14H20N4OS. The van der Waals surface area contributed by atoms with Gasteiger partial charge >= 0.3 is 0 Å². The van der Waals surface area contributed by atoms with E-state index < -0.39 is 0 Å². The van der Waals surface area contributed by atoms with Gasteiger partial charge in [0.15, 0.2) is 0 Å². The maximum absolute atomic E-state index is 12.3. The van der Waals surface area contributed by atoms with Gasteiger partial charge in [0.25, 0.3) is 0 Å². The number of rotatable bonds is 8. The van der Waals surface area contributed by atoms with Crippen molar-refractivity contribution in [3.63, 3.8) is 0 Å². The summed E-state index contributed by atoms with van der Waals surface area (Å²) in [4.78, 5) is 19.3. The number of H-pyrrole nitrogens is 1. The topological polar surface area (TPSA) is 62.7 Å². The maximum Gasteiger partial charge on any atom is 0.243 e. The second-order valence-corrected chi connectivity index (χ2v) is 5.53. The highest BCUT2D eigenvalue weighted by Gasteiger charge is 2.18. The van der Waals surface area contributed by atoms with Gasteiger partial charge in [-0.2, -0.15) is 11.8 Å². The smallest absolute Gasteiger partial charge is 0.243 e. The standard InChI is InChI=1S/C14H20N4OS/c1-20-9-5-13(18-7-2-3-8-18)14(19)16-6-4-12-10-15-11-17-12/h2-3,7-8,10-11,13H,4-6,9H2,1H3,(H,15,17)(H,16,19). The van der Waals surface area contributed by atoms with Gasteiger partial charge < -0.3 is 14.9 Å². The van der Waals surface area contributed by atoms with Crippen LogP contribution in [-0.2, 0) is 11.2 Å². The van der Waals surface area contributed by atoms with Gasteiger partial charge in [0.2, 0.25) is 5.91 Å². The molecule has 20 heavy (non-hydrogen) atoms. The first-order valence-electron chi connectivity index (χ1n) is 6.67. The average molecular weight is 292 g/mol. The molecule has 0 spiro atoms. The Kier molecular flexibility index (Phi) is 5.73. The molecule has 0 aromatic carbocycles. The Balaban J connectivity index is 1.86. The zero-order chi connectivity index (χ0) is 14.2. The van der Waals surface area contributed by atoms with E-state index >= 15 is 0 Å². The number of thioether (sulfide) groups is 1. The van der Waals surface area contributed by atoms with Crippen molar-refractivity contribution in [2.24, 2.45) is 0 Å². The lowest BCUT2D eigenvalue weighted by Crippen LogP contribution is -2.34. The monoisotopic (exact) mass is 292 g/mol. The van der Waals surface area contributed by atoms with E-state index in [2.05, 4.69) is 21.5 Å². The summed E-state index contributed by atoms with van der Waals surface area (Å²) in [7, 11) is 0. The Hall–Kier alpha value is -1.69. The van der Waals surface area contributed by atoms with E-state index in [0.717, 1.165) is 24.3 Å². The van der Waals surface area contributed by atoms with E-state index in [0.29, 0.717) is 6.54 Å². The SMILES string of the molecule is CSCCC(C(=O)NCCc1cnc[nH]1)n1cccc1. The molecule has 0 aliphatic carbocycles. The molecule has 0 fully saturated rings. The van der Waals surface area contributed by atoms with Crippen LogP contribution in [0.5, 0.6) is 0 Å². The molecule has 2 aromatic rings. The number of hydrogen-bond donors (Lipinski definition) is 2. The quantitative estimate of drug-likeness (QED) is 0.780. The van der Waals surface area contributed by atoms with Crippen LogP contribution in [-0.4, -0.2) is 39.0 Å². The minimum absolute atomic E-state index is 0.0785. The molecule has 2 rings (SSSR count). The Morgan fingerprint density at radius 3 is 2.95 bits per heavy atom. The molecule has 1 unspecified atom stereocenters. The van der Waals surface area contributed by atoms with Gasteiger partial charge in [0.1, 0.15) is 6.04 Å². The highest BCUT2D eigenvalue weighted by molar-refractivity contribution is 7.98. The number of carbonyl (C=O) groups is 1. The summed E-state index contributed by atoms with van der Waals surface area (Å²) in [5, 5.41) is 3.00. The van der Waals surface area contributed by atoms with E-state index in [1.165, 1.54) is 0 Å². The van der Waals surface area contributed by atoms with Gasteiger partial charge in [-0.1, -0.05) is 0 Å².